The zero-order valence-corrected chi connectivity index (χ0v) is 30.7. The Hall–Kier alpha value is -5.49. The smallest absolute Gasteiger partial charge is 0.407 e. The van der Waals surface area contributed by atoms with Gasteiger partial charge in [0.25, 0.3) is 5.91 Å². The second-order valence-corrected chi connectivity index (χ2v) is 14.6. The van der Waals surface area contributed by atoms with Gasteiger partial charge in [-0.25, -0.2) is 9.78 Å². The summed E-state index contributed by atoms with van der Waals surface area (Å²) in [6.45, 7) is 1.11. The van der Waals surface area contributed by atoms with Gasteiger partial charge in [-0.2, -0.15) is 0 Å². The van der Waals surface area contributed by atoms with Gasteiger partial charge in [0.05, 0.1) is 25.0 Å². The van der Waals surface area contributed by atoms with Gasteiger partial charge in [-0.15, -0.1) is 0 Å². The Morgan fingerprint density at radius 3 is 2.13 bits per heavy atom. The number of amides is 4. The molecule has 1 aromatic heterocycles. The molecule has 3 heterocycles. The number of nitrogens with zero attached hydrogens (tertiary/aromatic N) is 3. The van der Waals surface area contributed by atoms with Crippen LogP contribution >= 0.6 is 0 Å². The summed E-state index contributed by atoms with van der Waals surface area (Å²) >= 11 is 0. The van der Waals surface area contributed by atoms with Gasteiger partial charge in [0.2, 0.25) is 11.8 Å². The van der Waals surface area contributed by atoms with Crippen LogP contribution in [0.4, 0.5) is 4.79 Å². The Bertz CT molecular complexity index is 1910. The van der Waals surface area contributed by atoms with Crippen LogP contribution in [0.25, 0.3) is 11.3 Å². The summed E-state index contributed by atoms with van der Waals surface area (Å²) in [5.41, 5.74) is 10.9. The lowest BCUT2D eigenvalue weighted by Gasteiger charge is -2.32. The van der Waals surface area contributed by atoms with E-state index in [9.17, 15) is 19.2 Å². The maximum atomic E-state index is 13.9. The van der Waals surface area contributed by atoms with Gasteiger partial charge >= 0.3 is 6.09 Å². The third kappa shape index (κ3) is 8.03. The van der Waals surface area contributed by atoms with Crippen LogP contribution in [0.1, 0.15) is 97.9 Å². The second-order valence-electron chi connectivity index (χ2n) is 14.6. The van der Waals surface area contributed by atoms with E-state index in [0.29, 0.717) is 36.8 Å². The topological polar surface area (TPSA) is 163 Å². The van der Waals surface area contributed by atoms with Crippen LogP contribution in [-0.2, 0) is 19.1 Å². The first kappa shape index (κ1) is 36.9. The Kier molecular flexibility index (Phi) is 11.4. The number of rotatable bonds is 10. The summed E-state index contributed by atoms with van der Waals surface area (Å²) in [6, 6.07) is 24.8. The molecule has 2 saturated heterocycles. The SMILES string of the molecule is COC(=O)N[C@@H](C(=O)N1CCC[C@H]1c1ncc(-c2ccc(C3CCC(NC(=O)[C@@H]4CCCN4C(=O)[C@H](N)c4ccccc4)CC3)cc2)[nH]1)c1ccccc1. The summed E-state index contributed by atoms with van der Waals surface area (Å²) in [5.74, 6) is 0.633. The number of aromatic amines is 1. The zero-order valence-electron chi connectivity index (χ0n) is 30.7. The van der Waals surface area contributed by atoms with Crippen molar-refractivity contribution in [3.8, 4) is 11.3 Å². The average Bonchev–Trinajstić information content (AvgIpc) is 4.02. The van der Waals surface area contributed by atoms with E-state index in [1.165, 1.54) is 12.7 Å². The number of likely N-dealkylation sites (tertiary alicyclic amines) is 2. The molecular formula is C42H49N7O5. The van der Waals surface area contributed by atoms with Gasteiger partial charge in [-0.05, 0) is 79.5 Å². The van der Waals surface area contributed by atoms with Crippen molar-refractivity contribution < 1.29 is 23.9 Å². The summed E-state index contributed by atoms with van der Waals surface area (Å²) in [7, 11) is 1.28. The normalized spacial score (nSPS) is 22.3. The summed E-state index contributed by atoms with van der Waals surface area (Å²) in [6.07, 6.45) is 7.87. The summed E-state index contributed by atoms with van der Waals surface area (Å²) < 4.78 is 4.82. The van der Waals surface area contributed by atoms with E-state index in [1.54, 1.807) is 9.80 Å². The average molecular weight is 732 g/mol. The number of nitrogens with one attached hydrogen (secondary N) is 3. The molecule has 1 saturated carbocycles. The largest absolute Gasteiger partial charge is 0.453 e. The second kappa shape index (κ2) is 16.7. The molecule has 282 valence electrons. The first-order chi connectivity index (χ1) is 26.3. The molecule has 4 aromatic rings. The lowest BCUT2D eigenvalue weighted by molar-refractivity contribution is -0.139. The fourth-order valence-corrected chi connectivity index (χ4v) is 8.33. The third-order valence-electron chi connectivity index (χ3n) is 11.3. The number of H-pyrrole nitrogens is 1. The number of methoxy groups -OCH3 is 1. The molecule has 0 spiro atoms. The van der Waals surface area contributed by atoms with Crippen LogP contribution in [0.3, 0.4) is 0 Å². The number of aromatic nitrogens is 2. The van der Waals surface area contributed by atoms with Crippen LogP contribution in [0, 0.1) is 0 Å². The molecule has 4 amide bonds. The molecule has 0 radical (unpaired) electrons. The molecule has 3 aliphatic rings. The van der Waals surface area contributed by atoms with Crippen LogP contribution in [-0.4, -0.2) is 75.9 Å². The zero-order chi connectivity index (χ0) is 37.6. The maximum absolute atomic E-state index is 13.9. The van der Waals surface area contributed by atoms with E-state index in [0.717, 1.165) is 61.8 Å². The molecule has 12 heteroatoms. The number of ether oxygens (including phenoxy) is 1. The number of carbonyl (C=O) groups is 4. The predicted octanol–water partition coefficient (Wildman–Crippen LogP) is 5.67. The van der Waals surface area contributed by atoms with Gasteiger partial charge in [0.15, 0.2) is 0 Å². The Balaban J connectivity index is 0.931. The van der Waals surface area contributed by atoms with E-state index in [-0.39, 0.29) is 29.8 Å². The molecule has 3 aromatic carbocycles. The maximum Gasteiger partial charge on any atom is 0.407 e. The van der Waals surface area contributed by atoms with Crippen molar-refractivity contribution in [2.75, 3.05) is 20.2 Å². The monoisotopic (exact) mass is 731 g/mol. The molecule has 12 nitrogen and oxygen atoms in total. The predicted molar refractivity (Wildman–Crippen MR) is 204 cm³/mol. The molecule has 54 heavy (non-hydrogen) atoms. The molecule has 4 atom stereocenters. The van der Waals surface area contributed by atoms with Crippen molar-refractivity contribution in [1.29, 1.82) is 0 Å². The highest BCUT2D eigenvalue weighted by Crippen LogP contribution is 2.36. The van der Waals surface area contributed by atoms with E-state index in [1.807, 2.05) is 66.9 Å². The molecule has 1 aliphatic carbocycles. The number of hydrogen-bond acceptors (Lipinski definition) is 7. The van der Waals surface area contributed by atoms with Gasteiger partial charge in [-0.3, -0.25) is 14.4 Å². The van der Waals surface area contributed by atoms with E-state index in [2.05, 4.69) is 39.9 Å². The van der Waals surface area contributed by atoms with Gasteiger partial charge in [0, 0.05) is 19.1 Å². The Morgan fingerprint density at radius 1 is 0.796 bits per heavy atom. The third-order valence-corrected chi connectivity index (χ3v) is 11.3. The van der Waals surface area contributed by atoms with Gasteiger partial charge in [0.1, 0.15) is 23.9 Å². The standard InChI is InChI=1S/C42H49N7O5/c1-54-42(53)47-37(31-12-6-3-7-13-31)41(52)48-24-8-14-34(48)38-44-26-33(46-38)29-18-16-27(17-19-29)28-20-22-32(23-21-28)45-39(50)35-15-9-25-49(35)40(51)36(43)30-10-4-2-5-11-30/h2-7,10-13,16-19,26,28,32,34-37H,8-9,14-15,20-25,43H2,1H3,(H,44,46)(H,45,50)(H,47,53)/t28?,32?,34-,35-,36+,37+/m0/s1. The van der Waals surface area contributed by atoms with Crippen molar-refractivity contribution in [1.82, 2.24) is 30.4 Å². The highest BCUT2D eigenvalue weighted by atomic mass is 16.5. The molecule has 3 fully saturated rings. The minimum Gasteiger partial charge on any atom is -0.453 e. The fraction of sp³-hybridized carbons (Fsp3) is 0.405. The Labute approximate surface area is 315 Å². The summed E-state index contributed by atoms with van der Waals surface area (Å²) in [4.78, 5) is 64.3. The minimum atomic E-state index is -0.870. The number of carbonyl (C=O) groups excluding carboxylic acids is 4. The lowest BCUT2D eigenvalue weighted by atomic mass is 9.81. The van der Waals surface area contributed by atoms with Crippen molar-refractivity contribution in [2.45, 2.75) is 87.5 Å². The van der Waals surface area contributed by atoms with Crippen molar-refractivity contribution >= 4 is 23.8 Å². The number of imidazole rings is 1. The lowest BCUT2D eigenvalue weighted by Crippen LogP contribution is -2.51. The van der Waals surface area contributed by atoms with E-state index in [4.69, 9.17) is 15.5 Å². The first-order valence-electron chi connectivity index (χ1n) is 19.1. The number of nitrogens with two attached hydrogens (primary N) is 1. The molecular weight excluding hydrogens is 683 g/mol. The molecule has 2 aliphatic heterocycles. The van der Waals surface area contributed by atoms with Gasteiger partial charge < -0.3 is 35.9 Å². The van der Waals surface area contributed by atoms with E-state index < -0.39 is 24.2 Å². The van der Waals surface area contributed by atoms with Gasteiger partial charge in [-0.1, -0.05) is 84.9 Å². The Morgan fingerprint density at radius 2 is 1.44 bits per heavy atom. The number of benzene rings is 3. The van der Waals surface area contributed by atoms with Crippen LogP contribution < -0.4 is 16.4 Å². The number of alkyl carbamates (subject to hydrolysis) is 1. The fourth-order valence-electron chi connectivity index (χ4n) is 8.33. The van der Waals surface area contributed by atoms with E-state index >= 15 is 0 Å². The van der Waals surface area contributed by atoms with Crippen LogP contribution in [0.2, 0.25) is 0 Å². The highest BCUT2D eigenvalue weighted by Gasteiger charge is 2.39. The van der Waals surface area contributed by atoms with Crippen LogP contribution in [0.15, 0.2) is 91.1 Å². The number of hydrogen-bond donors (Lipinski definition) is 4. The molecule has 5 N–H and O–H groups in total. The summed E-state index contributed by atoms with van der Waals surface area (Å²) in [5, 5.41) is 5.97. The van der Waals surface area contributed by atoms with Crippen molar-refractivity contribution in [2.24, 2.45) is 5.73 Å². The molecule has 0 unspecified atom stereocenters. The van der Waals surface area contributed by atoms with Crippen molar-refractivity contribution in [3.05, 3.63) is 114 Å². The quantitative estimate of drug-likeness (QED) is 0.163. The molecule has 0 bridgehead atoms. The molecule has 7 rings (SSSR count). The van der Waals surface area contributed by atoms with Crippen LogP contribution in [0.5, 0.6) is 0 Å². The first-order valence-corrected chi connectivity index (χ1v) is 19.1. The minimum absolute atomic E-state index is 0.0770. The highest BCUT2D eigenvalue weighted by molar-refractivity contribution is 5.91. The van der Waals surface area contributed by atoms with Crippen molar-refractivity contribution in [3.63, 3.8) is 0 Å².